The van der Waals surface area contributed by atoms with Crippen LogP contribution in [-0.2, 0) is 22.7 Å². The van der Waals surface area contributed by atoms with Crippen molar-refractivity contribution < 1.29 is 19.1 Å². The number of fused-ring (bicyclic) bond motifs is 2. The quantitative estimate of drug-likeness (QED) is 0.543. The summed E-state index contributed by atoms with van der Waals surface area (Å²) in [6.45, 7) is 6.35. The molecule has 1 N–H and O–H groups in total. The van der Waals surface area contributed by atoms with Gasteiger partial charge in [0.2, 0.25) is 11.8 Å². The number of pyridine rings is 1. The first-order chi connectivity index (χ1) is 17.9. The zero-order chi connectivity index (χ0) is 25.7. The predicted octanol–water partition coefficient (Wildman–Crippen LogP) is 3.35. The molecule has 190 valence electrons. The molecule has 6 rings (SSSR count). The van der Waals surface area contributed by atoms with Crippen LogP contribution in [0.3, 0.4) is 0 Å². The Morgan fingerprint density at radius 2 is 1.92 bits per heavy atom. The van der Waals surface area contributed by atoms with E-state index in [2.05, 4.69) is 46.4 Å². The maximum Gasteiger partial charge on any atom is 0.255 e. The topological polar surface area (TPSA) is 91.8 Å². The van der Waals surface area contributed by atoms with Gasteiger partial charge in [-0.3, -0.25) is 29.6 Å². The fourth-order valence-corrected chi connectivity index (χ4v) is 5.76. The zero-order valence-electron chi connectivity index (χ0n) is 21.1. The van der Waals surface area contributed by atoms with Gasteiger partial charge in [0.1, 0.15) is 17.9 Å². The normalized spacial score (nSPS) is 24.0. The summed E-state index contributed by atoms with van der Waals surface area (Å²) in [5.74, 6) is -0.111. The van der Waals surface area contributed by atoms with Crippen LogP contribution in [0.5, 0.6) is 5.75 Å². The summed E-state index contributed by atoms with van der Waals surface area (Å²) in [6, 6.07) is 15.8. The van der Waals surface area contributed by atoms with Gasteiger partial charge in [0.15, 0.2) is 0 Å². The number of benzene rings is 2. The van der Waals surface area contributed by atoms with Crippen LogP contribution in [0.4, 0.5) is 0 Å². The van der Waals surface area contributed by atoms with Gasteiger partial charge in [-0.05, 0) is 74.2 Å². The van der Waals surface area contributed by atoms with Gasteiger partial charge in [-0.1, -0.05) is 12.1 Å². The summed E-state index contributed by atoms with van der Waals surface area (Å²) in [5, 5.41) is 3.50. The second-order valence-corrected chi connectivity index (χ2v) is 10.4. The van der Waals surface area contributed by atoms with E-state index in [1.54, 1.807) is 11.0 Å². The summed E-state index contributed by atoms with van der Waals surface area (Å²) >= 11 is 0. The van der Waals surface area contributed by atoms with E-state index in [0.717, 1.165) is 47.4 Å². The van der Waals surface area contributed by atoms with Crippen molar-refractivity contribution in [3.8, 4) is 5.75 Å². The highest BCUT2D eigenvalue weighted by Gasteiger charge is 2.39. The van der Waals surface area contributed by atoms with Crippen molar-refractivity contribution in [2.24, 2.45) is 0 Å². The minimum Gasteiger partial charge on any atom is -0.489 e. The molecule has 0 radical (unpaired) electrons. The maximum atomic E-state index is 13.0. The third-order valence-corrected chi connectivity index (χ3v) is 7.88. The van der Waals surface area contributed by atoms with Crippen LogP contribution in [0.2, 0.25) is 0 Å². The Morgan fingerprint density at radius 1 is 1.05 bits per heavy atom. The van der Waals surface area contributed by atoms with Gasteiger partial charge < -0.3 is 9.64 Å². The third-order valence-electron chi connectivity index (χ3n) is 7.88. The highest BCUT2D eigenvalue weighted by molar-refractivity contribution is 6.05. The Kier molecular flexibility index (Phi) is 5.91. The molecule has 3 aromatic rings. The van der Waals surface area contributed by atoms with Crippen LogP contribution in [0.15, 0.2) is 48.5 Å². The van der Waals surface area contributed by atoms with Crippen LogP contribution >= 0.6 is 0 Å². The minimum absolute atomic E-state index is 0.0474. The predicted molar refractivity (Wildman–Crippen MR) is 138 cm³/mol. The SMILES string of the molecule is Cc1ccc2cc(CN3CC[C@H](Oc4ccc5c(c4)CN(C4CCC(=O)NC4=O)C5=O)[C@@H]3C)ccc2n1. The number of hydrogen-bond acceptors (Lipinski definition) is 6. The molecule has 3 amide bonds. The van der Waals surface area contributed by atoms with E-state index in [0.29, 0.717) is 18.5 Å². The zero-order valence-corrected chi connectivity index (χ0v) is 21.1. The van der Waals surface area contributed by atoms with Crippen molar-refractivity contribution in [2.45, 2.75) is 64.4 Å². The maximum absolute atomic E-state index is 13.0. The van der Waals surface area contributed by atoms with Gasteiger partial charge in [-0.25, -0.2) is 0 Å². The molecule has 0 bridgehead atoms. The Hall–Kier alpha value is -3.78. The average molecular weight is 499 g/mol. The van der Waals surface area contributed by atoms with Crippen LogP contribution in [0.1, 0.15) is 53.4 Å². The van der Waals surface area contributed by atoms with Gasteiger partial charge in [-0.15, -0.1) is 0 Å². The smallest absolute Gasteiger partial charge is 0.255 e. The fraction of sp³-hybridized carbons (Fsp3) is 0.379. The Balaban J connectivity index is 1.11. The number of ether oxygens (including phenoxy) is 1. The molecule has 0 aliphatic carbocycles. The van der Waals surface area contributed by atoms with E-state index in [9.17, 15) is 14.4 Å². The van der Waals surface area contributed by atoms with Crippen molar-refractivity contribution >= 4 is 28.6 Å². The number of carbonyl (C=O) groups excluding carboxylic acids is 3. The first-order valence-corrected chi connectivity index (χ1v) is 12.9. The van der Waals surface area contributed by atoms with Gasteiger partial charge in [0.05, 0.1) is 5.52 Å². The van der Waals surface area contributed by atoms with Crippen molar-refractivity contribution in [3.05, 3.63) is 70.9 Å². The van der Waals surface area contributed by atoms with E-state index in [1.807, 2.05) is 25.1 Å². The van der Waals surface area contributed by atoms with Crippen LogP contribution in [-0.4, -0.2) is 57.2 Å². The molecular formula is C29H30N4O4. The molecule has 3 aliphatic rings. The number of likely N-dealkylation sites (tertiary alicyclic amines) is 1. The summed E-state index contributed by atoms with van der Waals surface area (Å²) < 4.78 is 6.41. The summed E-state index contributed by atoms with van der Waals surface area (Å²) in [7, 11) is 0. The number of carbonyl (C=O) groups is 3. The number of hydrogen-bond donors (Lipinski definition) is 1. The lowest BCUT2D eigenvalue weighted by Crippen LogP contribution is -2.52. The second-order valence-electron chi connectivity index (χ2n) is 10.4. The fourth-order valence-electron chi connectivity index (χ4n) is 5.76. The number of piperidine rings is 1. The standard InChI is InChI=1S/C29H30N4O4/c1-17-3-5-20-13-19(4-8-24(20)30-17)15-32-12-11-26(18(32)2)37-22-6-7-23-21(14-22)16-33(29(23)36)25-9-10-27(34)31-28(25)35/h3-8,13-14,18,25-26H,9-12,15-16H2,1-2H3,(H,31,34,35)/t18-,25?,26-/m0/s1. The lowest BCUT2D eigenvalue weighted by atomic mass is 10.0. The minimum atomic E-state index is -0.611. The van der Waals surface area contributed by atoms with E-state index < -0.39 is 11.9 Å². The van der Waals surface area contributed by atoms with Crippen molar-refractivity contribution in [3.63, 3.8) is 0 Å². The van der Waals surface area contributed by atoms with E-state index in [4.69, 9.17) is 4.74 Å². The van der Waals surface area contributed by atoms with Gasteiger partial charge in [0, 0.05) is 48.7 Å². The number of imide groups is 1. The first-order valence-electron chi connectivity index (χ1n) is 12.9. The molecule has 2 aromatic carbocycles. The highest BCUT2D eigenvalue weighted by Crippen LogP contribution is 2.32. The molecule has 3 atom stereocenters. The van der Waals surface area contributed by atoms with Gasteiger partial charge in [0.25, 0.3) is 5.91 Å². The van der Waals surface area contributed by atoms with Gasteiger partial charge >= 0.3 is 0 Å². The van der Waals surface area contributed by atoms with Crippen LogP contribution in [0, 0.1) is 6.92 Å². The number of rotatable bonds is 5. The molecule has 2 saturated heterocycles. The molecule has 2 fully saturated rings. The Morgan fingerprint density at radius 3 is 2.76 bits per heavy atom. The number of nitrogens with one attached hydrogen (secondary N) is 1. The molecule has 8 nitrogen and oxygen atoms in total. The molecule has 4 heterocycles. The molecule has 1 aromatic heterocycles. The highest BCUT2D eigenvalue weighted by atomic mass is 16.5. The van der Waals surface area contributed by atoms with E-state index in [-0.39, 0.29) is 30.4 Å². The molecule has 0 saturated carbocycles. The van der Waals surface area contributed by atoms with Crippen molar-refractivity contribution in [1.29, 1.82) is 0 Å². The molecular weight excluding hydrogens is 468 g/mol. The molecule has 0 spiro atoms. The number of aryl methyl sites for hydroxylation is 1. The van der Waals surface area contributed by atoms with E-state index >= 15 is 0 Å². The molecule has 1 unspecified atom stereocenters. The Labute approximate surface area is 215 Å². The number of amides is 3. The summed E-state index contributed by atoms with van der Waals surface area (Å²) in [5.41, 5.74) is 4.75. The number of nitrogens with zero attached hydrogens (tertiary/aromatic N) is 3. The van der Waals surface area contributed by atoms with Gasteiger partial charge in [-0.2, -0.15) is 0 Å². The average Bonchev–Trinajstić information content (AvgIpc) is 3.38. The van der Waals surface area contributed by atoms with E-state index in [1.165, 1.54) is 5.56 Å². The molecule has 3 aliphatic heterocycles. The second kappa shape index (κ2) is 9.27. The van der Waals surface area contributed by atoms with Crippen LogP contribution in [0.25, 0.3) is 10.9 Å². The largest absolute Gasteiger partial charge is 0.489 e. The molecule has 37 heavy (non-hydrogen) atoms. The third kappa shape index (κ3) is 4.46. The van der Waals surface area contributed by atoms with Crippen molar-refractivity contribution in [2.75, 3.05) is 6.54 Å². The van der Waals surface area contributed by atoms with Crippen molar-refractivity contribution in [1.82, 2.24) is 20.1 Å². The lowest BCUT2D eigenvalue weighted by molar-refractivity contribution is -0.136. The Bertz CT molecular complexity index is 1420. The lowest BCUT2D eigenvalue weighted by Gasteiger charge is -2.29. The monoisotopic (exact) mass is 498 g/mol. The summed E-state index contributed by atoms with van der Waals surface area (Å²) in [4.78, 5) is 45.4. The number of aromatic nitrogens is 1. The first kappa shape index (κ1) is 23.6. The van der Waals surface area contributed by atoms with Crippen LogP contribution < -0.4 is 10.1 Å². The molecule has 8 heteroatoms. The summed E-state index contributed by atoms with van der Waals surface area (Å²) in [6.07, 6.45) is 1.58.